The third-order valence-electron chi connectivity index (χ3n) is 3.15. The van der Waals surface area contributed by atoms with Gasteiger partial charge in [-0.3, -0.25) is 4.72 Å². The molecule has 1 aromatic carbocycles. The van der Waals surface area contributed by atoms with E-state index < -0.39 is 16.0 Å². The predicted octanol–water partition coefficient (Wildman–Crippen LogP) is 1.97. The van der Waals surface area contributed by atoms with E-state index >= 15 is 0 Å². The van der Waals surface area contributed by atoms with Crippen LogP contribution in [-0.2, 0) is 10.0 Å². The Morgan fingerprint density at radius 1 is 1.39 bits per heavy atom. The van der Waals surface area contributed by atoms with E-state index in [1.807, 2.05) is 13.8 Å². The van der Waals surface area contributed by atoms with E-state index in [4.69, 9.17) is 4.74 Å². The number of nitrogens with one attached hydrogen (secondary N) is 1. The van der Waals surface area contributed by atoms with E-state index in [-0.39, 0.29) is 22.3 Å². The third-order valence-corrected chi connectivity index (χ3v) is 4.40. The summed E-state index contributed by atoms with van der Waals surface area (Å²) >= 11 is 0. The fourth-order valence-electron chi connectivity index (χ4n) is 1.86. The molecule has 0 atom stereocenters. The van der Waals surface area contributed by atoms with Gasteiger partial charge in [-0.1, -0.05) is 0 Å². The summed E-state index contributed by atoms with van der Waals surface area (Å²) in [6.07, 6.45) is 2.79. The Balaban J connectivity index is 2.41. The number of carbonyl (C=O) groups is 1. The molecule has 0 amide bonds. The Kier molecular flexibility index (Phi) is 4.60. The topological polar surface area (TPSA) is 111 Å². The lowest BCUT2D eigenvalue weighted by atomic mass is 10.2. The molecule has 0 aliphatic rings. The summed E-state index contributed by atoms with van der Waals surface area (Å²) in [5.74, 6) is -0.918. The van der Waals surface area contributed by atoms with Crippen LogP contribution in [0.4, 0.5) is 5.69 Å². The van der Waals surface area contributed by atoms with Crippen molar-refractivity contribution in [1.82, 2.24) is 9.55 Å². The normalized spacial score (nSPS) is 11.5. The van der Waals surface area contributed by atoms with Crippen LogP contribution in [0.1, 0.15) is 30.2 Å². The molecule has 9 heteroatoms. The number of nitrogens with zero attached hydrogens (tertiary/aromatic N) is 2. The monoisotopic (exact) mass is 339 g/mol. The molecule has 0 bridgehead atoms. The number of ether oxygens (including phenoxy) is 1. The summed E-state index contributed by atoms with van der Waals surface area (Å²) in [6.45, 7) is 3.77. The number of rotatable bonds is 6. The molecular weight excluding hydrogens is 322 g/mol. The van der Waals surface area contributed by atoms with Crippen LogP contribution < -0.4 is 9.46 Å². The van der Waals surface area contributed by atoms with E-state index in [1.54, 1.807) is 4.57 Å². The lowest BCUT2D eigenvalue weighted by Gasteiger charge is -2.11. The van der Waals surface area contributed by atoms with Gasteiger partial charge in [-0.15, -0.1) is 0 Å². The number of hydrogen-bond acceptors (Lipinski definition) is 5. The number of imidazole rings is 1. The van der Waals surface area contributed by atoms with E-state index in [0.717, 1.165) is 0 Å². The average molecular weight is 339 g/mol. The number of carboxylic acid groups (broad SMARTS) is 1. The maximum Gasteiger partial charge on any atom is 0.337 e. The molecule has 8 nitrogen and oxygen atoms in total. The smallest absolute Gasteiger partial charge is 0.337 e. The summed E-state index contributed by atoms with van der Waals surface area (Å²) in [4.78, 5) is 15.1. The first kappa shape index (κ1) is 16.8. The second kappa shape index (κ2) is 6.29. The quantitative estimate of drug-likeness (QED) is 0.832. The van der Waals surface area contributed by atoms with Gasteiger partial charge in [0.05, 0.1) is 24.7 Å². The Labute approximate surface area is 133 Å². The van der Waals surface area contributed by atoms with E-state index in [1.165, 1.54) is 37.8 Å². The highest BCUT2D eigenvalue weighted by atomic mass is 32.2. The molecule has 0 saturated carbocycles. The molecule has 2 aromatic rings. The molecule has 0 aliphatic heterocycles. The van der Waals surface area contributed by atoms with Gasteiger partial charge in [0.25, 0.3) is 10.0 Å². The van der Waals surface area contributed by atoms with Crippen LogP contribution in [0.5, 0.6) is 5.75 Å². The van der Waals surface area contributed by atoms with Gasteiger partial charge in [-0.05, 0) is 26.0 Å². The first-order valence-electron chi connectivity index (χ1n) is 6.72. The van der Waals surface area contributed by atoms with Crippen molar-refractivity contribution in [2.24, 2.45) is 0 Å². The second-order valence-corrected chi connectivity index (χ2v) is 6.70. The Morgan fingerprint density at radius 2 is 2.09 bits per heavy atom. The lowest BCUT2D eigenvalue weighted by Crippen LogP contribution is -2.16. The minimum Gasteiger partial charge on any atom is -0.497 e. The van der Waals surface area contributed by atoms with Crippen molar-refractivity contribution < 1.29 is 23.1 Å². The zero-order chi connectivity index (χ0) is 17.2. The van der Waals surface area contributed by atoms with Gasteiger partial charge in [-0.25, -0.2) is 9.78 Å². The van der Waals surface area contributed by atoms with Gasteiger partial charge >= 0.3 is 5.97 Å². The lowest BCUT2D eigenvalue weighted by molar-refractivity contribution is 0.0698. The number of benzene rings is 1. The van der Waals surface area contributed by atoms with Crippen molar-refractivity contribution in [2.45, 2.75) is 24.9 Å². The molecule has 2 rings (SSSR count). The molecule has 1 aromatic heterocycles. The number of hydrogen-bond donors (Lipinski definition) is 2. The van der Waals surface area contributed by atoms with Gasteiger partial charge in [0.15, 0.2) is 5.03 Å². The van der Waals surface area contributed by atoms with Gasteiger partial charge in [0, 0.05) is 18.3 Å². The van der Waals surface area contributed by atoms with Gasteiger partial charge in [0.1, 0.15) is 5.75 Å². The van der Waals surface area contributed by atoms with Crippen molar-refractivity contribution in [3.05, 3.63) is 36.3 Å². The van der Waals surface area contributed by atoms with Crippen molar-refractivity contribution in [1.29, 1.82) is 0 Å². The number of sulfonamides is 1. The molecule has 23 heavy (non-hydrogen) atoms. The highest BCUT2D eigenvalue weighted by Gasteiger charge is 2.21. The molecule has 0 aliphatic carbocycles. The standard InChI is InChI=1S/C14H17N3O5S/c1-9(2)17-7-13(15-8-17)23(20,21)16-12-6-10(22-3)4-5-11(12)14(18)19/h4-9,16H,1-3H3,(H,18,19). The molecule has 0 fully saturated rings. The van der Waals surface area contributed by atoms with E-state index in [9.17, 15) is 18.3 Å². The number of carboxylic acids is 1. The van der Waals surface area contributed by atoms with Crippen LogP contribution >= 0.6 is 0 Å². The van der Waals surface area contributed by atoms with Crippen molar-refractivity contribution >= 4 is 21.7 Å². The summed E-state index contributed by atoms with van der Waals surface area (Å²) in [5, 5.41) is 8.99. The van der Waals surface area contributed by atoms with Crippen LogP contribution in [0.3, 0.4) is 0 Å². The average Bonchev–Trinajstić information content (AvgIpc) is 2.97. The predicted molar refractivity (Wildman–Crippen MR) is 83.4 cm³/mol. The van der Waals surface area contributed by atoms with Crippen LogP contribution in [0, 0.1) is 0 Å². The number of aromatic carboxylic acids is 1. The molecule has 1 heterocycles. The summed E-state index contributed by atoms with van der Waals surface area (Å²) in [6, 6.07) is 4.07. The highest BCUT2D eigenvalue weighted by Crippen LogP contribution is 2.25. The first-order chi connectivity index (χ1) is 10.7. The Morgan fingerprint density at radius 3 is 2.61 bits per heavy atom. The maximum absolute atomic E-state index is 12.4. The van der Waals surface area contributed by atoms with Crippen molar-refractivity contribution in [3.63, 3.8) is 0 Å². The first-order valence-corrected chi connectivity index (χ1v) is 8.20. The van der Waals surface area contributed by atoms with Gasteiger partial charge in [0.2, 0.25) is 0 Å². The fourth-order valence-corrected chi connectivity index (χ4v) is 2.87. The summed E-state index contributed by atoms with van der Waals surface area (Å²) < 4.78 is 33.7. The minimum absolute atomic E-state index is 0.0536. The second-order valence-electron chi connectivity index (χ2n) is 5.08. The Hall–Kier alpha value is -2.55. The van der Waals surface area contributed by atoms with Gasteiger partial charge in [-0.2, -0.15) is 8.42 Å². The van der Waals surface area contributed by atoms with Gasteiger partial charge < -0.3 is 14.4 Å². The summed E-state index contributed by atoms with van der Waals surface area (Å²) in [7, 11) is -2.61. The molecule has 2 N–H and O–H groups in total. The molecule has 0 saturated heterocycles. The number of aromatic nitrogens is 2. The van der Waals surface area contributed by atoms with E-state index in [2.05, 4.69) is 9.71 Å². The van der Waals surface area contributed by atoms with Crippen molar-refractivity contribution in [3.8, 4) is 5.75 Å². The number of anilines is 1. The fraction of sp³-hybridized carbons (Fsp3) is 0.286. The maximum atomic E-state index is 12.4. The van der Waals surface area contributed by atoms with Crippen LogP contribution in [-0.4, -0.2) is 36.2 Å². The van der Waals surface area contributed by atoms with Crippen LogP contribution in [0.15, 0.2) is 35.7 Å². The third kappa shape index (κ3) is 3.62. The number of methoxy groups -OCH3 is 1. The Bertz CT molecular complexity index is 827. The molecule has 0 radical (unpaired) electrons. The highest BCUT2D eigenvalue weighted by molar-refractivity contribution is 7.92. The largest absolute Gasteiger partial charge is 0.497 e. The minimum atomic E-state index is -4.01. The van der Waals surface area contributed by atoms with Crippen LogP contribution in [0.2, 0.25) is 0 Å². The SMILES string of the molecule is COc1ccc(C(=O)O)c(NS(=O)(=O)c2cn(C(C)C)cn2)c1. The molecule has 124 valence electrons. The van der Waals surface area contributed by atoms with Crippen LogP contribution in [0.25, 0.3) is 0 Å². The van der Waals surface area contributed by atoms with Crippen molar-refractivity contribution in [2.75, 3.05) is 11.8 Å². The van der Waals surface area contributed by atoms with E-state index in [0.29, 0.717) is 5.75 Å². The molecule has 0 spiro atoms. The zero-order valence-electron chi connectivity index (χ0n) is 12.8. The zero-order valence-corrected chi connectivity index (χ0v) is 13.7. The summed E-state index contributed by atoms with van der Waals surface area (Å²) in [5.41, 5.74) is -0.270. The molecule has 0 unspecified atom stereocenters. The molecular formula is C14H17N3O5S.